The summed E-state index contributed by atoms with van der Waals surface area (Å²) in [6.45, 7) is 4.99. The second-order valence-corrected chi connectivity index (χ2v) is 5.13. The fourth-order valence-corrected chi connectivity index (χ4v) is 2.55. The number of hydrogen-bond donors (Lipinski definition) is 1. The smallest absolute Gasteiger partial charge is 0.164 e. The Labute approximate surface area is 108 Å². The highest BCUT2D eigenvalue weighted by molar-refractivity contribution is 5.97. The van der Waals surface area contributed by atoms with Crippen molar-refractivity contribution in [2.75, 3.05) is 26.2 Å². The predicted molar refractivity (Wildman–Crippen MR) is 71.8 cm³/mol. The highest BCUT2D eigenvalue weighted by Crippen LogP contribution is 2.16. The monoisotopic (exact) mass is 247 g/mol. The van der Waals surface area contributed by atoms with Crippen molar-refractivity contribution in [3.63, 3.8) is 0 Å². The van der Waals surface area contributed by atoms with E-state index in [-0.39, 0.29) is 12.4 Å². The number of rotatable bonds is 5. The summed E-state index contributed by atoms with van der Waals surface area (Å²) in [4.78, 5) is 14.4. The molecule has 0 radical (unpaired) electrons. The van der Waals surface area contributed by atoms with E-state index in [9.17, 15) is 4.79 Å². The average Bonchev–Trinajstić information content (AvgIpc) is 2.84. The number of aliphatic hydroxyl groups excluding tert-OH is 1. The number of likely N-dealkylation sites (tertiary alicyclic amines) is 1. The Morgan fingerprint density at radius 3 is 2.89 bits per heavy atom. The number of benzene rings is 1. The zero-order valence-electron chi connectivity index (χ0n) is 10.9. The van der Waals surface area contributed by atoms with Crippen LogP contribution in [0.2, 0.25) is 0 Å². The van der Waals surface area contributed by atoms with Crippen LogP contribution in [-0.4, -0.2) is 42.0 Å². The number of carbonyl (C=O) groups excluding carboxylic acids is 1. The summed E-state index contributed by atoms with van der Waals surface area (Å²) in [5.41, 5.74) is 1.90. The first-order valence-electron chi connectivity index (χ1n) is 6.62. The summed E-state index contributed by atoms with van der Waals surface area (Å²) in [6, 6.07) is 7.75. The highest BCUT2D eigenvalue weighted by Gasteiger charge is 2.22. The molecule has 1 unspecified atom stereocenters. The molecule has 1 fully saturated rings. The van der Waals surface area contributed by atoms with Crippen molar-refractivity contribution in [1.29, 1.82) is 0 Å². The fraction of sp³-hybridized carbons (Fsp3) is 0.533. The van der Waals surface area contributed by atoms with Crippen LogP contribution in [-0.2, 0) is 0 Å². The van der Waals surface area contributed by atoms with Gasteiger partial charge in [0.1, 0.15) is 0 Å². The van der Waals surface area contributed by atoms with E-state index >= 15 is 0 Å². The number of carbonyl (C=O) groups is 1. The third-order valence-corrected chi connectivity index (χ3v) is 3.73. The van der Waals surface area contributed by atoms with Crippen molar-refractivity contribution in [1.82, 2.24) is 4.90 Å². The van der Waals surface area contributed by atoms with Gasteiger partial charge in [-0.2, -0.15) is 0 Å². The molecule has 1 aliphatic rings. The molecule has 3 heteroatoms. The Morgan fingerprint density at radius 2 is 2.22 bits per heavy atom. The fourth-order valence-electron chi connectivity index (χ4n) is 2.55. The van der Waals surface area contributed by atoms with Crippen LogP contribution < -0.4 is 0 Å². The maximum Gasteiger partial charge on any atom is 0.164 e. The Hall–Kier alpha value is -1.19. The average molecular weight is 247 g/mol. The minimum atomic E-state index is 0.223. The first-order valence-corrected chi connectivity index (χ1v) is 6.62. The van der Waals surface area contributed by atoms with E-state index < -0.39 is 0 Å². The molecule has 1 saturated heterocycles. The minimum Gasteiger partial charge on any atom is -0.396 e. The second-order valence-electron chi connectivity index (χ2n) is 5.13. The molecule has 1 N–H and O–H groups in total. The topological polar surface area (TPSA) is 40.5 Å². The third-order valence-electron chi connectivity index (χ3n) is 3.73. The van der Waals surface area contributed by atoms with Crippen molar-refractivity contribution in [3.8, 4) is 0 Å². The molecule has 1 aromatic rings. The quantitative estimate of drug-likeness (QED) is 0.808. The van der Waals surface area contributed by atoms with Crippen LogP contribution in [0.5, 0.6) is 0 Å². The SMILES string of the molecule is Cc1ccccc1C(=O)CCN1CCC(CO)C1. The number of aryl methyl sites for hydroxylation is 1. The van der Waals surface area contributed by atoms with E-state index in [1.807, 2.05) is 31.2 Å². The highest BCUT2D eigenvalue weighted by atomic mass is 16.3. The van der Waals surface area contributed by atoms with Crippen molar-refractivity contribution in [2.24, 2.45) is 5.92 Å². The standard InChI is InChI=1S/C15H21NO2/c1-12-4-2-3-5-14(12)15(18)7-9-16-8-6-13(10-16)11-17/h2-5,13,17H,6-11H2,1H3. The zero-order chi connectivity index (χ0) is 13.0. The molecule has 1 heterocycles. The van der Waals surface area contributed by atoms with E-state index in [1.165, 1.54) is 0 Å². The number of ketones is 1. The van der Waals surface area contributed by atoms with Crippen LogP contribution in [0.1, 0.15) is 28.8 Å². The van der Waals surface area contributed by atoms with Crippen LogP contribution in [0.25, 0.3) is 0 Å². The van der Waals surface area contributed by atoms with Gasteiger partial charge in [0, 0.05) is 31.7 Å². The lowest BCUT2D eigenvalue weighted by Gasteiger charge is -2.15. The summed E-state index contributed by atoms with van der Waals surface area (Å²) >= 11 is 0. The maximum absolute atomic E-state index is 12.1. The Bertz CT molecular complexity index is 417. The van der Waals surface area contributed by atoms with E-state index in [0.717, 1.165) is 37.2 Å². The number of Topliss-reactive ketones (excluding diaryl/α,β-unsaturated/α-hetero) is 1. The van der Waals surface area contributed by atoms with Crippen LogP contribution in [0.4, 0.5) is 0 Å². The molecule has 98 valence electrons. The van der Waals surface area contributed by atoms with Gasteiger partial charge in [-0.3, -0.25) is 4.79 Å². The molecule has 18 heavy (non-hydrogen) atoms. The van der Waals surface area contributed by atoms with E-state index in [0.29, 0.717) is 12.3 Å². The first kappa shape index (κ1) is 13.2. The first-order chi connectivity index (χ1) is 8.70. The molecule has 0 saturated carbocycles. The van der Waals surface area contributed by atoms with Crippen LogP contribution in [0.15, 0.2) is 24.3 Å². The molecular formula is C15H21NO2. The lowest BCUT2D eigenvalue weighted by Crippen LogP contribution is -2.24. The van der Waals surface area contributed by atoms with Gasteiger partial charge < -0.3 is 10.0 Å². The van der Waals surface area contributed by atoms with Gasteiger partial charge in [-0.05, 0) is 31.4 Å². The molecule has 1 aliphatic heterocycles. The van der Waals surface area contributed by atoms with Crippen molar-refractivity contribution >= 4 is 5.78 Å². The maximum atomic E-state index is 12.1. The van der Waals surface area contributed by atoms with Crippen molar-refractivity contribution in [3.05, 3.63) is 35.4 Å². The lowest BCUT2D eigenvalue weighted by molar-refractivity contribution is 0.0967. The van der Waals surface area contributed by atoms with Gasteiger partial charge in [-0.1, -0.05) is 24.3 Å². The molecular weight excluding hydrogens is 226 g/mol. The number of hydrogen-bond acceptors (Lipinski definition) is 3. The summed E-state index contributed by atoms with van der Waals surface area (Å²) in [5, 5.41) is 9.08. The third kappa shape index (κ3) is 3.18. The normalized spacial score (nSPS) is 20.2. The largest absolute Gasteiger partial charge is 0.396 e. The van der Waals surface area contributed by atoms with Crippen molar-refractivity contribution in [2.45, 2.75) is 19.8 Å². The lowest BCUT2D eigenvalue weighted by atomic mass is 10.0. The number of nitrogens with zero attached hydrogens (tertiary/aromatic N) is 1. The molecule has 2 rings (SSSR count). The summed E-state index contributed by atoms with van der Waals surface area (Å²) in [7, 11) is 0. The van der Waals surface area contributed by atoms with Gasteiger partial charge in [0.05, 0.1) is 0 Å². The van der Waals surface area contributed by atoms with Crippen LogP contribution >= 0.6 is 0 Å². The van der Waals surface area contributed by atoms with Gasteiger partial charge in [-0.15, -0.1) is 0 Å². The van der Waals surface area contributed by atoms with Crippen LogP contribution in [0, 0.1) is 12.8 Å². The Morgan fingerprint density at radius 1 is 1.44 bits per heavy atom. The van der Waals surface area contributed by atoms with Crippen LogP contribution in [0.3, 0.4) is 0 Å². The summed E-state index contributed by atoms with van der Waals surface area (Å²) < 4.78 is 0. The second kappa shape index (κ2) is 6.12. The number of aliphatic hydroxyl groups is 1. The van der Waals surface area contributed by atoms with Gasteiger partial charge >= 0.3 is 0 Å². The summed E-state index contributed by atoms with van der Waals surface area (Å²) in [5.74, 6) is 0.624. The minimum absolute atomic E-state index is 0.223. The molecule has 3 nitrogen and oxygen atoms in total. The molecule has 0 bridgehead atoms. The molecule has 1 aromatic carbocycles. The van der Waals surface area contributed by atoms with E-state index in [1.54, 1.807) is 0 Å². The predicted octanol–water partition coefficient (Wildman–Crippen LogP) is 1.88. The Balaban J connectivity index is 1.84. The molecule has 1 atom stereocenters. The van der Waals surface area contributed by atoms with Gasteiger partial charge in [0.15, 0.2) is 5.78 Å². The molecule has 0 aromatic heterocycles. The molecule has 0 aliphatic carbocycles. The summed E-state index contributed by atoms with van der Waals surface area (Å²) in [6.07, 6.45) is 1.62. The van der Waals surface area contributed by atoms with Gasteiger partial charge in [0.25, 0.3) is 0 Å². The zero-order valence-corrected chi connectivity index (χ0v) is 10.9. The van der Waals surface area contributed by atoms with Crippen molar-refractivity contribution < 1.29 is 9.90 Å². The van der Waals surface area contributed by atoms with E-state index in [2.05, 4.69) is 4.90 Å². The molecule has 0 amide bonds. The molecule has 0 spiro atoms. The van der Waals surface area contributed by atoms with Gasteiger partial charge in [-0.25, -0.2) is 0 Å². The van der Waals surface area contributed by atoms with E-state index in [4.69, 9.17) is 5.11 Å². The van der Waals surface area contributed by atoms with Gasteiger partial charge in [0.2, 0.25) is 0 Å². The Kier molecular flexibility index (Phi) is 4.50.